The SMILES string of the molecule is CC1(C)CN(c2ncc(C(=O)O)cc2Cl)CCO1. The van der Waals surface area contributed by atoms with Crippen LogP contribution in [0, 0.1) is 0 Å². The summed E-state index contributed by atoms with van der Waals surface area (Å²) in [5.41, 5.74) is -0.161. The molecule has 1 aromatic heterocycles. The Morgan fingerprint density at radius 3 is 2.89 bits per heavy atom. The molecule has 0 spiro atoms. The van der Waals surface area contributed by atoms with Crippen molar-refractivity contribution in [1.29, 1.82) is 0 Å². The maximum Gasteiger partial charge on any atom is 0.337 e. The van der Waals surface area contributed by atoms with Crippen molar-refractivity contribution < 1.29 is 14.6 Å². The number of carboxylic acid groups (broad SMARTS) is 1. The second-order valence-electron chi connectivity index (χ2n) is 4.86. The zero-order chi connectivity index (χ0) is 13.3. The highest BCUT2D eigenvalue weighted by atomic mass is 35.5. The van der Waals surface area contributed by atoms with E-state index in [0.717, 1.165) is 0 Å². The number of ether oxygens (including phenoxy) is 1. The highest BCUT2D eigenvalue weighted by Crippen LogP contribution is 2.28. The Bertz CT molecular complexity index is 476. The number of carbonyl (C=O) groups is 1. The number of anilines is 1. The number of rotatable bonds is 2. The van der Waals surface area contributed by atoms with E-state index in [4.69, 9.17) is 21.4 Å². The van der Waals surface area contributed by atoms with E-state index in [2.05, 4.69) is 4.98 Å². The summed E-state index contributed by atoms with van der Waals surface area (Å²) in [5.74, 6) is -0.420. The number of morpholine rings is 1. The van der Waals surface area contributed by atoms with Gasteiger partial charge in [0, 0.05) is 19.3 Å². The molecule has 0 aliphatic carbocycles. The van der Waals surface area contributed by atoms with Crippen LogP contribution < -0.4 is 4.90 Å². The van der Waals surface area contributed by atoms with Crippen molar-refractivity contribution in [3.63, 3.8) is 0 Å². The van der Waals surface area contributed by atoms with Crippen molar-refractivity contribution in [2.75, 3.05) is 24.6 Å². The fraction of sp³-hybridized carbons (Fsp3) is 0.500. The highest BCUT2D eigenvalue weighted by molar-refractivity contribution is 6.33. The molecule has 6 heteroatoms. The van der Waals surface area contributed by atoms with Gasteiger partial charge < -0.3 is 14.7 Å². The number of hydrogen-bond acceptors (Lipinski definition) is 4. The van der Waals surface area contributed by atoms with E-state index in [1.165, 1.54) is 12.3 Å². The van der Waals surface area contributed by atoms with E-state index >= 15 is 0 Å². The van der Waals surface area contributed by atoms with Crippen molar-refractivity contribution in [2.45, 2.75) is 19.4 Å². The van der Waals surface area contributed by atoms with Crippen molar-refractivity contribution in [2.24, 2.45) is 0 Å². The van der Waals surface area contributed by atoms with E-state index in [1.54, 1.807) is 0 Å². The Morgan fingerprint density at radius 2 is 2.33 bits per heavy atom. The van der Waals surface area contributed by atoms with Gasteiger partial charge in [0.1, 0.15) is 5.82 Å². The quantitative estimate of drug-likeness (QED) is 0.891. The molecule has 1 aliphatic heterocycles. The maximum absolute atomic E-state index is 10.8. The van der Waals surface area contributed by atoms with Gasteiger partial charge in [-0.1, -0.05) is 11.6 Å². The van der Waals surface area contributed by atoms with E-state index in [0.29, 0.717) is 30.5 Å². The van der Waals surface area contributed by atoms with Crippen molar-refractivity contribution >= 4 is 23.4 Å². The lowest BCUT2D eigenvalue weighted by atomic mass is 10.1. The number of aromatic nitrogens is 1. The zero-order valence-corrected chi connectivity index (χ0v) is 11.1. The van der Waals surface area contributed by atoms with Gasteiger partial charge in [0.05, 0.1) is 22.8 Å². The molecule has 98 valence electrons. The Hall–Kier alpha value is -1.33. The molecule has 5 nitrogen and oxygen atoms in total. The first kappa shape index (κ1) is 13.1. The van der Waals surface area contributed by atoms with Gasteiger partial charge in [0.15, 0.2) is 0 Å². The summed E-state index contributed by atoms with van der Waals surface area (Å²) in [6.45, 7) is 5.97. The molecular formula is C12H15ClN2O3. The van der Waals surface area contributed by atoms with Crippen molar-refractivity contribution in [3.8, 4) is 0 Å². The first-order valence-corrected chi connectivity index (χ1v) is 6.04. The Morgan fingerprint density at radius 1 is 1.61 bits per heavy atom. The van der Waals surface area contributed by atoms with Crippen LogP contribution in [0.1, 0.15) is 24.2 Å². The van der Waals surface area contributed by atoms with Gasteiger partial charge in [0.25, 0.3) is 0 Å². The largest absolute Gasteiger partial charge is 0.478 e. The molecule has 1 aromatic rings. The lowest BCUT2D eigenvalue weighted by Gasteiger charge is -2.39. The number of nitrogens with zero attached hydrogens (tertiary/aromatic N) is 2. The lowest BCUT2D eigenvalue weighted by molar-refractivity contribution is -0.0279. The summed E-state index contributed by atoms with van der Waals surface area (Å²) < 4.78 is 5.61. The Balaban J connectivity index is 2.26. The summed E-state index contributed by atoms with van der Waals surface area (Å²) in [7, 11) is 0. The second kappa shape index (κ2) is 4.74. The van der Waals surface area contributed by atoms with E-state index in [9.17, 15) is 4.79 Å². The monoisotopic (exact) mass is 270 g/mol. The molecule has 0 atom stereocenters. The van der Waals surface area contributed by atoms with Gasteiger partial charge in [-0.2, -0.15) is 0 Å². The van der Waals surface area contributed by atoms with E-state index in [1.807, 2.05) is 18.7 Å². The predicted octanol–water partition coefficient (Wildman–Crippen LogP) is 2.05. The second-order valence-corrected chi connectivity index (χ2v) is 5.27. The third-order valence-corrected chi connectivity index (χ3v) is 3.07. The third-order valence-electron chi connectivity index (χ3n) is 2.79. The number of carboxylic acids is 1. The third kappa shape index (κ3) is 2.73. The molecule has 0 radical (unpaired) electrons. The van der Waals surface area contributed by atoms with Gasteiger partial charge in [-0.05, 0) is 19.9 Å². The summed E-state index contributed by atoms with van der Waals surface area (Å²) in [6, 6.07) is 1.43. The minimum Gasteiger partial charge on any atom is -0.478 e. The van der Waals surface area contributed by atoms with Gasteiger partial charge in [-0.3, -0.25) is 0 Å². The van der Waals surface area contributed by atoms with Gasteiger partial charge in [-0.15, -0.1) is 0 Å². The van der Waals surface area contributed by atoms with Crippen molar-refractivity contribution in [3.05, 3.63) is 22.8 Å². The molecular weight excluding hydrogens is 256 g/mol. The van der Waals surface area contributed by atoms with Crippen LogP contribution in [-0.4, -0.2) is 41.4 Å². The minimum atomic E-state index is -1.03. The molecule has 2 rings (SSSR count). The van der Waals surface area contributed by atoms with Gasteiger partial charge in [-0.25, -0.2) is 9.78 Å². The fourth-order valence-corrected chi connectivity index (χ4v) is 2.26. The summed E-state index contributed by atoms with van der Waals surface area (Å²) in [6.07, 6.45) is 1.33. The summed E-state index contributed by atoms with van der Waals surface area (Å²) in [4.78, 5) is 17.0. The van der Waals surface area contributed by atoms with E-state index in [-0.39, 0.29) is 11.2 Å². The number of pyridine rings is 1. The number of hydrogen-bond donors (Lipinski definition) is 1. The summed E-state index contributed by atoms with van der Waals surface area (Å²) in [5, 5.41) is 9.22. The van der Waals surface area contributed by atoms with Crippen LogP contribution in [0.15, 0.2) is 12.3 Å². The van der Waals surface area contributed by atoms with Crippen LogP contribution in [0.4, 0.5) is 5.82 Å². The minimum absolute atomic E-state index is 0.0938. The molecule has 1 N–H and O–H groups in total. The molecule has 18 heavy (non-hydrogen) atoms. The smallest absolute Gasteiger partial charge is 0.337 e. The fourth-order valence-electron chi connectivity index (χ4n) is 1.98. The average molecular weight is 271 g/mol. The number of halogens is 1. The predicted molar refractivity (Wildman–Crippen MR) is 68.5 cm³/mol. The van der Waals surface area contributed by atoms with Crippen LogP contribution in [0.3, 0.4) is 0 Å². The molecule has 2 heterocycles. The average Bonchev–Trinajstić information content (AvgIpc) is 2.27. The Labute approximate surface area is 110 Å². The molecule has 0 bridgehead atoms. The van der Waals surface area contributed by atoms with Crippen LogP contribution >= 0.6 is 11.6 Å². The van der Waals surface area contributed by atoms with Gasteiger partial charge in [0.2, 0.25) is 0 Å². The first-order valence-electron chi connectivity index (χ1n) is 5.67. The molecule has 0 saturated carbocycles. The molecule has 0 aromatic carbocycles. The van der Waals surface area contributed by atoms with Gasteiger partial charge >= 0.3 is 5.97 Å². The van der Waals surface area contributed by atoms with Crippen LogP contribution in [-0.2, 0) is 4.74 Å². The molecule has 1 fully saturated rings. The topological polar surface area (TPSA) is 62.7 Å². The maximum atomic E-state index is 10.8. The van der Waals surface area contributed by atoms with Crippen LogP contribution in [0.25, 0.3) is 0 Å². The van der Waals surface area contributed by atoms with Crippen LogP contribution in [0.2, 0.25) is 5.02 Å². The molecule has 0 unspecified atom stereocenters. The normalized spacial score (nSPS) is 18.7. The molecule has 1 aliphatic rings. The standard InChI is InChI=1S/C12H15ClN2O3/c1-12(2)7-15(3-4-18-12)10-9(13)5-8(6-14-10)11(16)17/h5-6H,3-4,7H2,1-2H3,(H,16,17). The molecule has 1 saturated heterocycles. The zero-order valence-electron chi connectivity index (χ0n) is 10.3. The lowest BCUT2D eigenvalue weighted by Crippen LogP contribution is -2.48. The molecule has 0 amide bonds. The van der Waals surface area contributed by atoms with Crippen molar-refractivity contribution in [1.82, 2.24) is 4.98 Å². The highest BCUT2D eigenvalue weighted by Gasteiger charge is 2.29. The van der Waals surface area contributed by atoms with E-state index < -0.39 is 5.97 Å². The van der Waals surface area contributed by atoms with Crippen LogP contribution in [0.5, 0.6) is 0 Å². The number of aromatic carboxylic acids is 1. The summed E-state index contributed by atoms with van der Waals surface area (Å²) >= 11 is 6.09. The first-order chi connectivity index (χ1) is 8.39. The Kier molecular flexibility index (Phi) is 3.45.